The highest BCUT2D eigenvalue weighted by Gasteiger charge is 2.71. The largest absolute Gasteiger partial charge is 0.465 e. The average Bonchev–Trinajstić information content (AvgIpc) is 2.58. The summed E-state index contributed by atoms with van der Waals surface area (Å²) in [5, 5.41) is 9.37. The zero-order valence-corrected chi connectivity index (χ0v) is 13.7. The first-order chi connectivity index (χ1) is 12.3. The molecule has 3 N–H and O–H groups in total. The normalized spacial score (nSPS) is 12.7. The number of halogens is 6. The third-order valence-electron chi connectivity index (χ3n) is 3.91. The van der Waals surface area contributed by atoms with Gasteiger partial charge in [0.2, 0.25) is 0 Å². The molecular weight excluding hydrogens is 380 g/mol. The molecule has 0 radical (unpaired) electrons. The lowest BCUT2D eigenvalue weighted by Gasteiger charge is -2.32. The summed E-state index contributed by atoms with van der Waals surface area (Å²) >= 11 is 0. The number of ether oxygens (including phenoxy) is 1. The maximum absolute atomic E-state index is 12.9. The number of hydrogen-bond acceptors (Lipinski definition) is 4. The van der Waals surface area contributed by atoms with Gasteiger partial charge in [0.15, 0.2) is 0 Å². The summed E-state index contributed by atoms with van der Waals surface area (Å²) in [6, 6.07) is 6.93. The Morgan fingerprint density at radius 1 is 0.963 bits per heavy atom. The summed E-state index contributed by atoms with van der Waals surface area (Å²) in [5.74, 6) is -0.663. The predicted molar refractivity (Wildman–Crippen MR) is 83.6 cm³/mol. The van der Waals surface area contributed by atoms with E-state index in [4.69, 9.17) is 5.73 Å². The monoisotopic (exact) mass is 393 g/mol. The zero-order valence-electron chi connectivity index (χ0n) is 13.7. The third kappa shape index (κ3) is 3.57. The smallest absolute Gasteiger partial charge is 0.430 e. The molecule has 0 fully saturated rings. The van der Waals surface area contributed by atoms with Crippen LogP contribution in [0.2, 0.25) is 0 Å². The number of carbonyl (C=O) groups excluding carboxylic acids is 1. The lowest BCUT2D eigenvalue weighted by Crippen LogP contribution is -2.53. The predicted octanol–water partition coefficient (Wildman–Crippen LogP) is 4.03. The fourth-order valence-electron chi connectivity index (χ4n) is 2.45. The maximum Gasteiger partial charge on any atom is 0.430 e. The first kappa shape index (κ1) is 20.6. The van der Waals surface area contributed by atoms with Crippen molar-refractivity contribution < 1.29 is 41.0 Å². The van der Waals surface area contributed by atoms with E-state index in [1.807, 2.05) is 0 Å². The van der Waals surface area contributed by atoms with E-state index in [9.17, 15) is 36.2 Å². The number of methoxy groups -OCH3 is 1. The number of nitrogens with two attached hydrogens (primary N) is 1. The number of hydrogen-bond donors (Lipinski definition) is 2. The van der Waals surface area contributed by atoms with E-state index in [2.05, 4.69) is 4.74 Å². The van der Waals surface area contributed by atoms with E-state index < -0.39 is 29.5 Å². The second-order valence-corrected chi connectivity index (χ2v) is 5.58. The minimum atomic E-state index is -5.96. The second-order valence-electron chi connectivity index (χ2n) is 5.58. The van der Waals surface area contributed by atoms with E-state index in [0.717, 1.165) is 19.2 Å². The number of nitrogen functional groups attached to an aromatic ring is 1. The number of benzene rings is 2. The minimum Gasteiger partial charge on any atom is -0.465 e. The van der Waals surface area contributed by atoms with Crippen LogP contribution in [0.4, 0.5) is 32.0 Å². The van der Waals surface area contributed by atoms with Crippen LogP contribution in [0.3, 0.4) is 0 Å². The third-order valence-corrected chi connectivity index (χ3v) is 3.91. The SMILES string of the molecule is COC(=O)c1ccc(-c2ccc(C(O)(C(F)(F)F)C(F)(F)F)cc2)c(N)c1. The Kier molecular flexibility index (Phi) is 5.15. The lowest BCUT2D eigenvalue weighted by molar-refractivity contribution is -0.376. The number of aliphatic hydroxyl groups is 1. The highest BCUT2D eigenvalue weighted by Crippen LogP contribution is 2.50. The van der Waals surface area contributed by atoms with E-state index in [1.54, 1.807) is 0 Å². The van der Waals surface area contributed by atoms with Crippen LogP contribution in [-0.4, -0.2) is 30.5 Å². The topological polar surface area (TPSA) is 72.5 Å². The van der Waals surface area contributed by atoms with Gasteiger partial charge in [0.1, 0.15) is 0 Å². The van der Waals surface area contributed by atoms with Crippen molar-refractivity contribution in [2.45, 2.75) is 18.0 Å². The van der Waals surface area contributed by atoms with Crippen molar-refractivity contribution in [3.05, 3.63) is 53.6 Å². The summed E-state index contributed by atoms with van der Waals surface area (Å²) in [7, 11) is 1.16. The highest BCUT2D eigenvalue weighted by atomic mass is 19.4. The van der Waals surface area contributed by atoms with Crippen molar-refractivity contribution in [2.75, 3.05) is 12.8 Å². The molecule has 4 nitrogen and oxygen atoms in total. The van der Waals surface area contributed by atoms with Gasteiger partial charge >= 0.3 is 18.3 Å². The van der Waals surface area contributed by atoms with Crippen LogP contribution in [0.1, 0.15) is 15.9 Å². The van der Waals surface area contributed by atoms with Crippen molar-refractivity contribution in [1.82, 2.24) is 0 Å². The van der Waals surface area contributed by atoms with Crippen LogP contribution in [-0.2, 0) is 10.3 Å². The Morgan fingerprint density at radius 2 is 1.48 bits per heavy atom. The quantitative estimate of drug-likeness (QED) is 0.469. The standard InChI is InChI=1S/C17H13F6NO3/c1-27-14(25)10-4-7-12(13(24)8-10)9-2-5-11(6-3-9)15(26,16(18,19)20)17(21,22)23/h2-8,26H,24H2,1H3. The fourth-order valence-corrected chi connectivity index (χ4v) is 2.45. The molecule has 0 saturated heterocycles. The van der Waals surface area contributed by atoms with E-state index in [-0.39, 0.29) is 22.4 Å². The van der Waals surface area contributed by atoms with Crippen LogP contribution in [0, 0.1) is 0 Å². The molecule has 2 aromatic rings. The average molecular weight is 393 g/mol. The molecule has 0 aliphatic heterocycles. The number of alkyl halides is 6. The van der Waals surface area contributed by atoms with Gasteiger partial charge in [-0.1, -0.05) is 30.3 Å². The van der Waals surface area contributed by atoms with Gasteiger partial charge in [-0.3, -0.25) is 0 Å². The summed E-state index contributed by atoms with van der Waals surface area (Å²) in [6.07, 6.45) is -11.9. The van der Waals surface area contributed by atoms with Gasteiger partial charge in [-0.25, -0.2) is 4.79 Å². The maximum atomic E-state index is 12.9. The summed E-state index contributed by atoms with van der Waals surface area (Å²) in [5.41, 5.74) is 0.0664. The number of rotatable bonds is 3. The molecule has 2 rings (SSSR count). The Balaban J connectivity index is 2.47. The molecule has 0 saturated carbocycles. The molecule has 10 heteroatoms. The molecule has 0 aliphatic rings. The van der Waals surface area contributed by atoms with E-state index >= 15 is 0 Å². The van der Waals surface area contributed by atoms with Crippen LogP contribution in [0.5, 0.6) is 0 Å². The molecule has 0 atom stereocenters. The van der Waals surface area contributed by atoms with Crippen molar-refractivity contribution >= 4 is 11.7 Å². The Labute approximate surface area is 149 Å². The van der Waals surface area contributed by atoms with E-state index in [1.165, 1.54) is 18.2 Å². The minimum absolute atomic E-state index is 0.0626. The molecule has 0 spiro atoms. The Hall–Kier alpha value is -2.75. The Morgan fingerprint density at radius 3 is 1.89 bits per heavy atom. The van der Waals surface area contributed by atoms with Crippen LogP contribution < -0.4 is 5.73 Å². The molecule has 146 valence electrons. The molecule has 27 heavy (non-hydrogen) atoms. The molecule has 0 bridgehead atoms. The molecule has 0 aromatic heterocycles. The molecule has 0 heterocycles. The van der Waals surface area contributed by atoms with Crippen molar-refractivity contribution in [2.24, 2.45) is 0 Å². The molecule has 0 amide bonds. The van der Waals surface area contributed by atoms with Gasteiger partial charge in [0.05, 0.1) is 12.7 Å². The fraction of sp³-hybridized carbons (Fsp3) is 0.235. The first-order valence-corrected chi connectivity index (χ1v) is 7.27. The van der Waals surface area contributed by atoms with Gasteiger partial charge in [-0.2, -0.15) is 26.3 Å². The summed E-state index contributed by atoms with van der Waals surface area (Å²) in [4.78, 5) is 11.4. The molecular formula is C17H13F6NO3. The Bertz CT molecular complexity index is 829. The summed E-state index contributed by atoms with van der Waals surface area (Å²) < 4.78 is 81.9. The highest BCUT2D eigenvalue weighted by molar-refractivity contribution is 5.92. The number of anilines is 1. The van der Waals surface area contributed by atoms with Crippen molar-refractivity contribution in [3.63, 3.8) is 0 Å². The zero-order chi connectivity index (χ0) is 20.6. The van der Waals surface area contributed by atoms with Gasteiger partial charge in [0.25, 0.3) is 5.60 Å². The first-order valence-electron chi connectivity index (χ1n) is 7.27. The van der Waals surface area contributed by atoms with E-state index in [0.29, 0.717) is 12.1 Å². The molecule has 0 aliphatic carbocycles. The van der Waals surface area contributed by atoms with Crippen molar-refractivity contribution in [1.29, 1.82) is 0 Å². The molecule has 0 unspecified atom stereocenters. The van der Waals surface area contributed by atoms with Gasteiger partial charge in [0, 0.05) is 16.8 Å². The number of carbonyl (C=O) groups is 1. The second kappa shape index (κ2) is 6.76. The number of esters is 1. The summed E-state index contributed by atoms with van der Waals surface area (Å²) in [6.45, 7) is 0. The van der Waals surface area contributed by atoms with Crippen molar-refractivity contribution in [3.8, 4) is 11.1 Å². The van der Waals surface area contributed by atoms with Crippen LogP contribution in [0.15, 0.2) is 42.5 Å². The van der Waals surface area contributed by atoms with Gasteiger partial charge < -0.3 is 15.6 Å². The molecule has 2 aromatic carbocycles. The van der Waals surface area contributed by atoms with Gasteiger partial charge in [-0.15, -0.1) is 0 Å². The van der Waals surface area contributed by atoms with Gasteiger partial charge in [-0.05, 0) is 17.7 Å². The van der Waals surface area contributed by atoms with Crippen LogP contribution >= 0.6 is 0 Å². The van der Waals surface area contributed by atoms with Crippen LogP contribution in [0.25, 0.3) is 11.1 Å². The lowest BCUT2D eigenvalue weighted by atomic mass is 9.90.